The van der Waals surface area contributed by atoms with Crippen LogP contribution in [0.2, 0.25) is 10.0 Å². The molecule has 2 aliphatic heterocycles. The number of halogens is 5. The van der Waals surface area contributed by atoms with Crippen LogP contribution in [0.3, 0.4) is 0 Å². The number of hydrogen-bond acceptors (Lipinski definition) is 6. The van der Waals surface area contributed by atoms with Crippen LogP contribution in [0.5, 0.6) is 0 Å². The van der Waals surface area contributed by atoms with Crippen molar-refractivity contribution in [1.29, 1.82) is 0 Å². The molecule has 2 heterocycles. The molecular weight excluding hydrogens is 660 g/mol. The van der Waals surface area contributed by atoms with Crippen molar-refractivity contribution < 1.29 is 41.1 Å². The van der Waals surface area contributed by atoms with Gasteiger partial charge in [-0.1, -0.05) is 30.1 Å². The Morgan fingerprint density at radius 2 is 1.78 bits per heavy atom. The lowest BCUT2D eigenvalue weighted by Gasteiger charge is -2.35. The van der Waals surface area contributed by atoms with E-state index in [-0.39, 0.29) is 51.6 Å². The van der Waals surface area contributed by atoms with Crippen molar-refractivity contribution in [2.45, 2.75) is 62.3 Å². The minimum absolute atomic E-state index is 0.0893. The first-order valence-electron chi connectivity index (χ1n) is 14.3. The molecule has 0 aliphatic carbocycles. The van der Waals surface area contributed by atoms with Crippen LogP contribution >= 0.6 is 23.2 Å². The second kappa shape index (κ2) is 13.7. The second-order valence-corrected chi connectivity index (χ2v) is 14.2. The lowest BCUT2D eigenvalue weighted by atomic mass is 9.99. The third kappa shape index (κ3) is 7.84. The molecule has 4 rings (SSSR count). The largest absolute Gasteiger partial charge is 0.465 e. The number of alkyl halides is 3. The fraction of sp³-hybridized carbons (Fsp3) is 0.483. The minimum Gasteiger partial charge on any atom is -0.465 e. The number of carboxylic acid groups (broad SMARTS) is 1. The van der Waals surface area contributed by atoms with Crippen molar-refractivity contribution in [3.05, 3.63) is 57.1 Å². The quantitative estimate of drug-likeness (QED) is 0.384. The topological polar surface area (TPSA) is 127 Å². The van der Waals surface area contributed by atoms with Crippen molar-refractivity contribution in [2.24, 2.45) is 0 Å². The molecular formula is C29H33Cl2F3N4O6S. The molecule has 45 heavy (non-hydrogen) atoms. The van der Waals surface area contributed by atoms with E-state index in [2.05, 4.69) is 5.32 Å². The van der Waals surface area contributed by atoms with E-state index in [1.165, 1.54) is 32.2 Å². The van der Waals surface area contributed by atoms with Gasteiger partial charge in [-0.3, -0.25) is 19.4 Å². The number of nitrogens with zero attached hydrogens (tertiary/aromatic N) is 3. The number of likely N-dealkylation sites (tertiary alicyclic amines) is 2. The third-order valence-electron chi connectivity index (χ3n) is 8.08. The molecule has 2 aromatic carbocycles. The zero-order valence-electron chi connectivity index (χ0n) is 24.5. The molecule has 10 nitrogen and oxygen atoms in total. The molecule has 2 atom stereocenters. The maximum absolute atomic E-state index is 14.4. The number of carbonyl (C=O) groups excluding carboxylic acids is 2. The molecule has 0 aromatic heterocycles. The molecule has 0 radical (unpaired) electrons. The lowest BCUT2D eigenvalue weighted by molar-refractivity contribution is -0.138. The Labute approximate surface area is 269 Å². The fourth-order valence-corrected chi connectivity index (χ4v) is 7.30. The number of carbonyl (C=O) groups is 3. The molecule has 246 valence electrons. The molecule has 2 N–H and O–H groups in total. The van der Waals surface area contributed by atoms with Crippen LogP contribution in [0.15, 0.2) is 35.2 Å². The van der Waals surface area contributed by atoms with E-state index in [9.17, 15) is 41.1 Å². The van der Waals surface area contributed by atoms with Crippen LogP contribution in [0.4, 0.5) is 23.7 Å². The third-order valence-corrected chi connectivity index (χ3v) is 10.4. The number of nitrogens with one attached hydrogen (secondary N) is 1. The molecule has 2 aliphatic rings. The molecule has 2 aromatic rings. The molecule has 2 saturated heterocycles. The Morgan fingerprint density at radius 3 is 2.42 bits per heavy atom. The standard InChI is InChI=1S/C29H33Cl2F3N4O6S/c1-3-45(43,44)25-9-8-18(30)14-24(25)36(2)27(40)17-12-21(29(32,33)34)20(22(31)13-17)16-37-10-4-6-19(15-37)35-26(39)23-7-5-11-38(23)28(41)42/h8-9,12-14,19,23H,3-7,10-11,15-16H2,1-2H3,(H,35,39)(H,41,42)/t19-,23-/m0/s1. The highest BCUT2D eigenvalue weighted by molar-refractivity contribution is 7.91. The van der Waals surface area contributed by atoms with Crippen molar-refractivity contribution in [3.63, 3.8) is 0 Å². The van der Waals surface area contributed by atoms with E-state index in [0.717, 1.165) is 15.9 Å². The number of anilines is 1. The molecule has 2 fully saturated rings. The van der Waals surface area contributed by atoms with Crippen LogP contribution < -0.4 is 10.2 Å². The van der Waals surface area contributed by atoms with E-state index in [0.29, 0.717) is 38.3 Å². The first-order valence-corrected chi connectivity index (χ1v) is 16.7. The smallest absolute Gasteiger partial charge is 0.416 e. The number of benzene rings is 2. The van der Waals surface area contributed by atoms with E-state index in [1.807, 2.05) is 0 Å². The fourth-order valence-electron chi connectivity index (χ4n) is 5.75. The van der Waals surface area contributed by atoms with Gasteiger partial charge in [0.05, 0.1) is 21.9 Å². The van der Waals surface area contributed by atoms with Gasteiger partial charge in [-0.25, -0.2) is 13.2 Å². The summed E-state index contributed by atoms with van der Waals surface area (Å²) in [6.45, 7) is 2.10. The average Bonchev–Trinajstić information content (AvgIpc) is 3.48. The summed E-state index contributed by atoms with van der Waals surface area (Å²) in [6, 6.07) is 4.43. The monoisotopic (exact) mass is 692 g/mol. The zero-order valence-corrected chi connectivity index (χ0v) is 26.9. The SMILES string of the molecule is CCS(=O)(=O)c1ccc(Cl)cc1N(C)C(=O)c1cc(Cl)c(CN2CCC[C@H](NC(=O)[C@@H]3CCCN3C(=O)O)C2)c(C(F)(F)F)c1. The number of piperidine rings is 1. The number of sulfone groups is 1. The van der Waals surface area contributed by atoms with E-state index in [1.54, 1.807) is 4.90 Å². The normalized spacial score (nSPS) is 19.4. The molecule has 3 amide bonds. The highest BCUT2D eigenvalue weighted by Crippen LogP contribution is 2.38. The summed E-state index contributed by atoms with van der Waals surface area (Å²) in [5.74, 6) is -1.63. The summed E-state index contributed by atoms with van der Waals surface area (Å²) in [5.41, 5.74) is -1.86. The van der Waals surface area contributed by atoms with Gasteiger partial charge in [0.2, 0.25) is 5.91 Å². The Kier molecular flexibility index (Phi) is 10.6. The van der Waals surface area contributed by atoms with Gasteiger partial charge in [-0.15, -0.1) is 0 Å². The maximum atomic E-state index is 14.4. The summed E-state index contributed by atoms with van der Waals surface area (Å²) in [4.78, 5) is 41.2. The van der Waals surface area contributed by atoms with Crippen LogP contribution in [-0.2, 0) is 27.4 Å². The van der Waals surface area contributed by atoms with Crippen molar-refractivity contribution in [3.8, 4) is 0 Å². The second-order valence-electron chi connectivity index (χ2n) is 11.1. The predicted octanol–water partition coefficient (Wildman–Crippen LogP) is 5.31. The number of rotatable bonds is 8. The summed E-state index contributed by atoms with van der Waals surface area (Å²) in [7, 11) is -2.57. The van der Waals surface area contributed by atoms with Crippen molar-refractivity contribution >= 4 is 56.6 Å². The highest BCUT2D eigenvalue weighted by Gasteiger charge is 2.38. The summed E-state index contributed by atoms with van der Waals surface area (Å²) >= 11 is 12.5. The van der Waals surface area contributed by atoms with E-state index < -0.39 is 57.1 Å². The van der Waals surface area contributed by atoms with Crippen LogP contribution in [0, 0.1) is 0 Å². The molecule has 0 bridgehead atoms. The highest BCUT2D eigenvalue weighted by atomic mass is 35.5. The zero-order chi connectivity index (χ0) is 33.3. The predicted molar refractivity (Wildman–Crippen MR) is 163 cm³/mol. The van der Waals surface area contributed by atoms with Gasteiger partial charge in [-0.05, 0) is 68.1 Å². The van der Waals surface area contributed by atoms with Gasteiger partial charge >= 0.3 is 12.3 Å². The maximum Gasteiger partial charge on any atom is 0.416 e. The van der Waals surface area contributed by atoms with Gasteiger partial charge in [0, 0.05) is 48.3 Å². The summed E-state index contributed by atoms with van der Waals surface area (Å²) in [6.07, 6.45) is -3.97. The van der Waals surface area contributed by atoms with Gasteiger partial charge in [0.1, 0.15) is 6.04 Å². The summed E-state index contributed by atoms with van der Waals surface area (Å²) < 4.78 is 68.5. The molecule has 0 spiro atoms. The van der Waals surface area contributed by atoms with Crippen LogP contribution in [-0.4, -0.2) is 85.8 Å². The molecule has 0 saturated carbocycles. The first-order chi connectivity index (χ1) is 21.0. The Morgan fingerprint density at radius 1 is 1.09 bits per heavy atom. The number of hydrogen-bond donors (Lipinski definition) is 2. The van der Waals surface area contributed by atoms with Gasteiger partial charge in [-0.2, -0.15) is 13.2 Å². The Bertz CT molecular complexity index is 1590. The summed E-state index contributed by atoms with van der Waals surface area (Å²) in [5, 5.41) is 12.0. The van der Waals surface area contributed by atoms with Gasteiger partial charge < -0.3 is 15.3 Å². The van der Waals surface area contributed by atoms with Gasteiger partial charge in [0.25, 0.3) is 5.91 Å². The minimum atomic E-state index is -4.88. The molecule has 16 heteroatoms. The van der Waals surface area contributed by atoms with Crippen molar-refractivity contribution in [1.82, 2.24) is 15.1 Å². The Hall–Kier alpha value is -3.07. The Balaban J connectivity index is 1.57. The lowest BCUT2D eigenvalue weighted by Crippen LogP contribution is -2.53. The first kappa shape index (κ1) is 34.8. The van der Waals surface area contributed by atoms with Crippen LogP contribution in [0.25, 0.3) is 0 Å². The van der Waals surface area contributed by atoms with E-state index in [4.69, 9.17) is 23.2 Å². The molecule has 0 unspecified atom stereocenters. The van der Waals surface area contributed by atoms with Crippen LogP contribution in [0.1, 0.15) is 54.1 Å². The van der Waals surface area contributed by atoms with E-state index >= 15 is 0 Å². The van der Waals surface area contributed by atoms with Gasteiger partial charge in [0.15, 0.2) is 9.84 Å². The number of amides is 3. The van der Waals surface area contributed by atoms with Crippen molar-refractivity contribution in [2.75, 3.05) is 37.3 Å². The average molecular weight is 694 g/mol.